The van der Waals surface area contributed by atoms with Crippen LogP contribution in [0.3, 0.4) is 0 Å². The molecule has 0 spiro atoms. The van der Waals surface area contributed by atoms with Gasteiger partial charge in [0.2, 0.25) is 5.91 Å². The maximum atomic E-state index is 12.1. The van der Waals surface area contributed by atoms with Gasteiger partial charge in [0, 0.05) is 38.0 Å². The summed E-state index contributed by atoms with van der Waals surface area (Å²) in [5, 5.41) is 5.43. The monoisotopic (exact) mass is 360 g/mol. The van der Waals surface area contributed by atoms with Gasteiger partial charge in [-0.15, -0.1) is 11.3 Å². The van der Waals surface area contributed by atoms with Crippen LogP contribution in [0.15, 0.2) is 35.7 Å². The highest BCUT2D eigenvalue weighted by atomic mass is 32.1. The van der Waals surface area contributed by atoms with E-state index in [2.05, 4.69) is 39.5 Å². The van der Waals surface area contributed by atoms with Crippen molar-refractivity contribution in [3.63, 3.8) is 0 Å². The summed E-state index contributed by atoms with van der Waals surface area (Å²) in [5.41, 5.74) is 7.81. The second kappa shape index (κ2) is 8.94. The molecule has 1 aromatic carbocycles. The molecule has 0 saturated carbocycles. The molecule has 1 unspecified atom stereocenters. The first kappa shape index (κ1) is 17.8. The maximum absolute atomic E-state index is 12.1. The van der Waals surface area contributed by atoms with Crippen molar-refractivity contribution in [1.29, 1.82) is 0 Å². The predicted octanol–water partition coefficient (Wildman–Crippen LogP) is 1.68. The predicted molar refractivity (Wildman–Crippen MR) is 99.3 cm³/mol. The van der Waals surface area contributed by atoms with Crippen LogP contribution in [0.1, 0.15) is 17.7 Å². The molecule has 2 heterocycles. The van der Waals surface area contributed by atoms with Crippen LogP contribution in [0, 0.1) is 0 Å². The number of rotatable bonds is 7. The lowest BCUT2D eigenvalue weighted by atomic mass is 10.1. The van der Waals surface area contributed by atoms with E-state index in [-0.39, 0.29) is 12.0 Å². The van der Waals surface area contributed by atoms with Gasteiger partial charge in [-0.2, -0.15) is 0 Å². The number of hydrogen-bond acceptors (Lipinski definition) is 6. The average molecular weight is 360 g/mol. The number of ether oxygens (including phenoxy) is 1. The number of hydrogen-bond donors (Lipinski definition) is 2. The van der Waals surface area contributed by atoms with Gasteiger partial charge in [0.05, 0.1) is 24.8 Å². The Morgan fingerprint density at radius 1 is 1.40 bits per heavy atom. The molecule has 134 valence electrons. The number of anilines is 1. The van der Waals surface area contributed by atoms with E-state index in [1.54, 1.807) is 0 Å². The Kier molecular flexibility index (Phi) is 6.38. The molecule has 0 bridgehead atoms. The molecule has 0 aliphatic carbocycles. The first-order valence-corrected chi connectivity index (χ1v) is 9.41. The van der Waals surface area contributed by atoms with Crippen molar-refractivity contribution in [2.45, 2.75) is 25.5 Å². The van der Waals surface area contributed by atoms with Gasteiger partial charge in [-0.1, -0.05) is 30.3 Å². The number of benzene rings is 1. The Labute approximate surface area is 152 Å². The van der Waals surface area contributed by atoms with Crippen molar-refractivity contribution in [3.8, 4) is 0 Å². The lowest BCUT2D eigenvalue weighted by Crippen LogP contribution is -2.44. The van der Waals surface area contributed by atoms with Crippen molar-refractivity contribution in [2.75, 3.05) is 32.0 Å². The Bertz CT molecular complexity index is 677. The number of nitrogens with two attached hydrogens (primary N) is 1. The van der Waals surface area contributed by atoms with Crippen molar-refractivity contribution >= 4 is 22.4 Å². The van der Waals surface area contributed by atoms with Crippen LogP contribution < -0.4 is 11.1 Å². The fourth-order valence-electron chi connectivity index (χ4n) is 2.94. The zero-order valence-electron chi connectivity index (χ0n) is 14.2. The van der Waals surface area contributed by atoms with E-state index in [1.807, 2.05) is 11.4 Å². The molecule has 1 aliphatic heterocycles. The van der Waals surface area contributed by atoms with Crippen LogP contribution >= 0.6 is 11.3 Å². The van der Waals surface area contributed by atoms with E-state index in [0.717, 1.165) is 25.3 Å². The summed E-state index contributed by atoms with van der Waals surface area (Å²) in [6.07, 6.45) is 1.04. The Hall–Kier alpha value is -1.96. The summed E-state index contributed by atoms with van der Waals surface area (Å²) in [4.78, 5) is 18.6. The van der Waals surface area contributed by atoms with E-state index < -0.39 is 0 Å². The standard InChI is InChI=1S/C18H24N4O2S/c19-18-21-15(13-25-18)6-7-20-17(23)10-16-12-22(8-9-24-16)11-14-4-2-1-3-5-14/h1-5,13,16H,6-12H2,(H2,19,21)(H,20,23). The maximum Gasteiger partial charge on any atom is 0.222 e. The van der Waals surface area contributed by atoms with Gasteiger partial charge >= 0.3 is 0 Å². The number of amides is 1. The molecule has 3 rings (SSSR count). The minimum Gasteiger partial charge on any atom is -0.375 e. The zero-order valence-corrected chi connectivity index (χ0v) is 15.0. The number of morpholine rings is 1. The van der Waals surface area contributed by atoms with Crippen molar-refractivity contribution in [1.82, 2.24) is 15.2 Å². The first-order valence-electron chi connectivity index (χ1n) is 8.53. The Morgan fingerprint density at radius 2 is 2.24 bits per heavy atom. The van der Waals surface area contributed by atoms with E-state index in [9.17, 15) is 4.79 Å². The van der Waals surface area contributed by atoms with Gasteiger partial charge < -0.3 is 15.8 Å². The normalized spacial score (nSPS) is 18.2. The molecular weight excluding hydrogens is 336 g/mol. The van der Waals surface area contributed by atoms with E-state index in [0.29, 0.717) is 31.1 Å². The van der Waals surface area contributed by atoms with E-state index in [1.165, 1.54) is 16.9 Å². The fourth-order valence-corrected chi connectivity index (χ4v) is 3.53. The van der Waals surface area contributed by atoms with Crippen LogP contribution in [0.4, 0.5) is 5.13 Å². The van der Waals surface area contributed by atoms with Crippen molar-refractivity contribution < 1.29 is 9.53 Å². The smallest absolute Gasteiger partial charge is 0.222 e. The van der Waals surface area contributed by atoms with Crippen LogP contribution in [0.2, 0.25) is 0 Å². The molecule has 7 heteroatoms. The molecule has 1 aromatic heterocycles. The second-order valence-electron chi connectivity index (χ2n) is 6.19. The molecule has 2 aromatic rings. The van der Waals surface area contributed by atoms with Crippen LogP contribution in [-0.4, -0.2) is 48.1 Å². The fraction of sp³-hybridized carbons (Fsp3) is 0.444. The number of nitrogen functional groups attached to an aromatic ring is 1. The number of nitrogens with one attached hydrogen (secondary N) is 1. The Balaban J connectivity index is 1.38. The molecule has 1 atom stereocenters. The molecule has 1 fully saturated rings. The quantitative estimate of drug-likeness (QED) is 0.785. The average Bonchev–Trinajstić information content (AvgIpc) is 3.01. The number of aromatic nitrogens is 1. The third kappa shape index (κ3) is 5.81. The number of carbonyl (C=O) groups is 1. The third-order valence-electron chi connectivity index (χ3n) is 4.16. The van der Waals surface area contributed by atoms with Crippen LogP contribution in [-0.2, 0) is 22.5 Å². The number of carbonyl (C=O) groups excluding carboxylic acids is 1. The van der Waals surface area contributed by atoms with Gasteiger partial charge in [0.1, 0.15) is 0 Å². The summed E-state index contributed by atoms with van der Waals surface area (Å²) in [5.74, 6) is 0.0229. The molecule has 1 amide bonds. The molecule has 1 aliphatic rings. The van der Waals surface area contributed by atoms with Crippen LogP contribution in [0.5, 0.6) is 0 Å². The van der Waals surface area contributed by atoms with E-state index >= 15 is 0 Å². The number of thiazole rings is 1. The van der Waals surface area contributed by atoms with Gasteiger partial charge in [-0.05, 0) is 5.56 Å². The van der Waals surface area contributed by atoms with Crippen molar-refractivity contribution in [3.05, 3.63) is 47.0 Å². The summed E-state index contributed by atoms with van der Waals surface area (Å²) >= 11 is 1.42. The van der Waals surface area contributed by atoms with Crippen LogP contribution in [0.25, 0.3) is 0 Å². The molecular formula is C18H24N4O2S. The van der Waals surface area contributed by atoms with Gasteiger partial charge in [0.25, 0.3) is 0 Å². The third-order valence-corrected chi connectivity index (χ3v) is 4.88. The summed E-state index contributed by atoms with van der Waals surface area (Å²) in [7, 11) is 0. The molecule has 1 saturated heterocycles. The highest BCUT2D eigenvalue weighted by Crippen LogP contribution is 2.13. The van der Waals surface area contributed by atoms with Gasteiger partial charge in [-0.3, -0.25) is 9.69 Å². The molecule has 6 nitrogen and oxygen atoms in total. The molecule has 25 heavy (non-hydrogen) atoms. The molecule has 3 N–H and O–H groups in total. The SMILES string of the molecule is Nc1nc(CCNC(=O)CC2CN(Cc3ccccc3)CCO2)cs1. The second-order valence-corrected chi connectivity index (χ2v) is 7.08. The van der Waals surface area contributed by atoms with Crippen molar-refractivity contribution in [2.24, 2.45) is 0 Å². The molecule has 0 radical (unpaired) electrons. The zero-order chi connectivity index (χ0) is 17.5. The van der Waals surface area contributed by atoms with Gasteiger partial charge in [0.15, 0.2) is 5.13 Å². The lowest BCUT2D eigenvalue weighted by Gasteiger charge is -2.32. The minimum absolute atomic E-state index is 0.0229. The summed E-state index contributed by atoms with van der Waals surface area (Å²) < 4.78 is 5.75. The largest absolute Gasteiger partial charge is 0.375 e. The van der Waals surface area contributed by atoms with E-state index in [4.69, 9.17) is 10.5 Å². The highest BCUT2D eigenvalue weighted by molar-refractivity contribution is 7.13. The summed E-state index contributed by atoms with van der Waals surface area (Å²) in [6, 6.07) is 10.4. The van der Waals surface area contributed by atoms with Gasteiger partial charge in [-0.25, -0.2) is 4.98 Å². The Morgan fingerprint density at radius 3 is 3.00 bits per heavy atom. The number of nitrogens with zero attached hydrogens (tertiary/aromatic N) is 2. The minimum atomic E-state index is -0.0487. The highest BCUT2D eigenvalue weighted by Gasteiger charge is 2.22. The first-order chi connectivity index (χ1) is 12.2. The topological polar surface area (TPSA) is 80.5 Å². The summed E-state index contributed by atoms with van der Waals surface area (Å²) in [6.45, 7) is 3.82. The lowest BCUT2D eigenvalue weighted by molar-refractivity contribution is -0.126.